The van der Waals surface area contributed by atoms with E-state index in [2.05, 4.69) is 4.98 Å². The van der Waals surface area contributed by atoms with Gasteiger partial charge in [-0.15, -0.1) is 0 Å². The maximum absolute atomic E-state index is 12.7. The minimum atomic E-state index is -3.74. The number of aldehydes is 1. The maximum Gasteiger partial charge on any atom is 0.270 e. The number of carbonyl (C=O) groups excluding carboxylic acids is 1. The molecule has 20 heavy (non-hydrogen) atoms. The Morgan fingerprint density at radius 2 is 1.85 bits per heavy atom. The Labute approximate surface area is 144 Å². The fourth-order valence-corrected chi connectivity index (χ4v) is 5.70. The molecule has 0 saturated carbocycles. The molecule has 0 saturated heterocycles. The number of halogens is 2. The monoisotopic (exact) mass is 516 g/mol. The Bertz CT molecular complexity index is 752. The minimum absolute atomic E-state index is 0.0133. The average molecular weight is 516 g/mol. The molecule has 5 nitrogen and oxygen atoms in total. The topological polar surface area (TPSA) is 69.0 Å². The molecule has 0 aliphatic carbocycles. The lowest BCUT2D eigenvalue weighted by Gasteiger charge is -2.10. The molecular weight excluding hydrogens is 506 g/mol. The van der Waals surface area contributed by atoms with Crippen molar-refractivity contribution in [1.29, 1.82) is 0 Å². The number of imidazole rings is 1. The third-order valence-electron chi connectivity index (χ3n) is 2.68. The number of aromatic nitrogens is 2. The van der Waals surface area contributed by atoms with Gasteiger partial charge in [0.15, 0.2) is 3.83 Å². The lowest BCUT2D eigenvalue weighted by Crippen LogP contribution is -2.18. The van der Waals surface area contributed by atoms with E-state index in [-0.39, 0.29) is 11.3 Å². The van der Waals surface area contributed by atoms with Crippen LogP contribution < -0.4 is 0 Å². The van der Waals surface area contributed by atoms with E-state index in [9.17, 15) is 13.2 Å². The molecule has 0 bridgehead atoms. The van der Waals surface area contributed by atoms with Gasteiger partial charge in [0.25, 0.3) is 10.0 Å². The van der Waals surface area contributed by atoms with Crippen molar-refractivity contribution in [2.24, 2.45) is 0 Å². The lowest BCUT2D eigenvalue weighted by molar-refractivity contribution is -0.107. The van der Waals surface area contributed by atoms with Crippen LogP contribution in [0.1, 0.15) is 11.3 Å². The van der Waals surface area contributed by atoms with Crippen LogP contribution in [0.5, 0.6) is 0 Å². The van der Waals surface area contributed by atoms with Gasteiger partial charge in [0.1, 0.15) is 9.99 Å². The van der Waals surface area contributed by atoms with Gasteiger partial charge in [-0.1, -0.05) is 17.7 Å². The first kappa shape index (κ1) is 15.9. The number of rotatable bonds is 4. The van der Waals surface area contributed by atoms with Crippen LogP contribution >= 0.6 is 45.2 Å². The quantitative estimate of drug-likeness (QED) is 0.463. The van der Waals surface area contributed by atoms with Gasteiger partial charge in [-0.3, -0.25) is 0 Å². The molecule has 0 atom stereocenters. The zero-order valence-corrected chi connectivity index (χ0v) is 15.5. The van der Waals surface area contributed by atoms with E-state index in [1.807, 2.05) is 52.1 Å². The van der Waals surface area contributed by atoms with E-state index in [0.717, 1.165) is 9.54 Å². The Kier molecular flexibility index (Phi) is 4.84. The molecule has 8 heteroatoms. The van der Waals surface area contributed by atoms with Crippen molar-refractivity contribution in [3.8, 4) is 0 Å². The van der Waals surface area contributed by atoms with Crippen molar-refractivity contribution in [3.63, 3.8) is 0 Å². The summed E-state index contributed by atoms with van der Waals surface area (Å²) in [5.74, 6) is 0. The number of benzene rings is 1. The van der Waals surface area contributed by atoms with Gasteiger partial charge in [-0.2, -0.15) is 0 Å². The highest BCUT2D eigenvalue weighted by Gasteiger charge is 2.25. The number of hydrogen-bond acceptors (Lipinski definition) is 4. The summed E-state index contributed by atoms with van der Waals surface area (Å²) in [5.41, 5.74) is 1.37. The predicted molar refractivity (Wildman–Crippen MR) is 91.2 cm³/mol. The molecule has 1 aromatic heterocycles. The highest BCUT2D eigenvalue weighted by Crippen LogP contribution is 2.23. The molecule has 0 fully saturated rings. The summed E-state index contributed by atoms with van der Waals surface area (Å²) < 4.78 is 27.3. The molecule has 0 aliphatic rings. The molecule has 1 heterocycles. The number of carbonyl (C=O) groups is 1. The Morgan fingerprint density at radius 1 is 1.25 bits per heavy atom. The average Bonchev–Trinajstić information content (AvgIpc) is 2.66. The predicted octanol–water partition coefficient (Wildman–Crippen LogP) is 2.38. The van der Waals surface area contributed by atoms with E-state index in [0.29, 0.717) is 19.5 Å². The first-order chi connectivity index (χ1) is 9.37. The van der Waals surface area contributed by atoms with E-state index in [1.54, 1.807) is 24.3 Å². The van der Waals surface area contributed by atoms with Crippen molar-refractivity contribution in [2.75, 3.05) is 0 Å². The smallest absolute Gasteiger partial charge is 0.270 e. The van der Waals surface area contributed by atoms with Gasteiger partial charge in [-0.05, 0) is 41.6 Å². The van der Waals surface area contributed by atoms with Crippen molar-refractivity contribution in [1.82, 2.24) is 8.96 Å². The third-order valence-corrected chi connectivity index (χ3v) is 6.33. The van der Waals surface area contributed by atoms with E-state index in [1.165, 1.54) is 0 Å². The summed E-state index contributed by atoms with van der Waals surface area (Å²) in [6.45, 7) is 1.89. The van der Waals surface area contributed by atoms with Gasteiger partial charge in [0.05, 0.1) is 10.6 Å². The summed E-state index contributed by atoms with van der Waals surface area (Å²) in [7, 11) is -3.74. The van der Waals surface area contributed by atoms with Gasteiger partial charge in [-0.25, -0.2) is 17.4 Å². The number of nitrogens with zero attached hydrogens (tertiary/aromatic N) is 2. The summed E-state index contributed by atoms with van der Waals surface area (Å²) >= 11 is 3.79. The van der Waals surface area contributed by atoms with Gasteiger partial charge in [0.2, 0.25) is 0 Å². The van der Waals surface area contributed by atoms with E-state index in [4.69, 9.17) is 0 Å². The fraction of sp³-hybridized carbons (Fsp3) is 0.167. The van der Waals surface area contributed by atoms with Crippen LogP contribution in [0.4, 0.5) is 0 Å². The first-order valence-corrected chi connectivity index (χ1v) is 9.16. The lowest BCUT2D eigenvalue weighted by atomic mass is 10.2. The highest BCUT2D eigenvalue weighted by atomic mass is 127. The molecule has 0 unspecified atom stereocenters. The summed E-state index contributed by atoms with van der Waals surface area (Å²) in [4.78, 5) is 15.1. The van der Waals surface area contributed by atoms with Crippen LogP contribution in [0.3, 0.4) is 0 Å². The number of aryl methyl sites for hydroxylation is 1. The molecule has 0 spiro atoms. The van der Waals surface area contributed by atoms with Gasteiger partial charge < -0.3 is 4.79 Å². The maximum atomic E-state index is 12.7. The molecule has 1 aromatic carbocycles. The van der Waals surface area contributed by atoms with Crippen molar-refractivity contribution < 1.29 is 13.2 Å². The molecular formula is C12H10I2N2O3S. The van der Waals surface area contributed by atoms with E-state index < -0.39 is 10.0 Å². The van der Waals surface area contributed by atoms with Crippen LogP contribution in [0, 0.1) is 14.5 Å². The molecule has 0 radical (unpaired) electrons. The first-order valence-electron chi connectivity index (χ1n) is 5.56. The van der Waals surface area contributed by atoms with Crippen LogP contribution in [0.2, 0.25) is 0 Å². The van der Waals surface area contributed by atoms with Crippen LogP contribution in [-0.4, -0.2) is 23.7 Å². The second kappa shape index (κ2) is 6.10. The largest absolute Gasteiger partial charge is 0.303 e. The van der Waals surface area contributed by atoms with Crippen molar-refractivity contribution in [2.45, 2.75) is 18.2 Å². The Morgan fingerprint density at radius 3 is 2.40 bits per heavy atom. The summed E-state index contributed by atoms with van der Waals surface area (Å²) in [6.07, 6.45) is 0.690. The van der Waals surface area contributed by atoms with Gasteiger partial charge >= 0.3 is 0 Å². The zero-order valence-electron chi connectivity index (χ0n) is 10.4. The van der Waals surface area contributed by atoms with Crippen LogP contribution in [0.25, 0.3) is 0 Å². The van der Waals surface area contributed by atoms with Crippen LogP contribution in [-0.2, 0) is 21.2 Å². The standard InChI is InChI=1S/C12H10I2N2O3S/c1-8-2-4-9(5-3-8)20(18,19)16-10(6-7-17)11(13)15-12(16)14/h2-5,7H,6H2,1H3. The van der Waals surface area contributed by atoms with Crippen molar-refractivity contribution in [3.05, 3.63) is 43.1 Å². The van der Waals surface area contributed by atoms with Crippen molar-refractivity contribution >= 4 is 61.5 Å². The van der Waals surface area contributed by atoms with E-state index >= 15 is 0 Å². The second-order valence-corrected chi connectivity index (χ2v) is 7.84. The molecule has 0 N–H and O–H groups in total. The molecule has 2 aromatic rings. The minimum Gasteiger partial charge on any atom is -0.303 e. The molecule has 2 rings (SSSR count). The molecule has 106 valence electrons. The number of hydrogen-bond donors (Lipinski definition) is 0. The van der Waals surface area contributed by atoms with Gasteiger partial charge in [0, 0.05) is 29.0 Å². The summed E-state index contributed by atoms with van der Waals surface area (Å²) in [5, 5.41) is 0. The normalized spacial score (nSPS) is 11.6. The Hall–Kier alpha value is -0.490. The SMILES string of the molecule is Cc1ccc(S(=O)(=O)n2c(I)nc(I)c2CC=O)cc1. The third kappa shape index (κ3) is 2.91. The summed E-state index contributed by atoms with van der Waals surface area (Å²) in [6, 6.07) is 6.58. The molecule has 0 aliphatic heterocycles. The fourth-order valence-electron chi connectivity index (χ4n) is 1.69. The second-order valence-electron chi connectivity index (χ2n) is 4.07. The Balaban J connectivity index is 2.66. The van der Waals surface area contributed by atoms with Crippen LogP contribution in [0.15, 0.2) is 29.2 Å². The molecule has 0 amide bonds. The highest BCUT2D eigenvalue weighted by molar-refractivity contribution is 14.1. The zero-order chi connectivity index (χ0) is 14.9.